The maximum Gasteiger partial charge on any atom is 0.274 e. The van der Waals surface area contributed by atoms with Crippen molar-refractivity contribution in [3.05, 3.63) is 28.2 Å². The number of carbonyl (C=O) groups excluding carboxylic acids is 1. The number of hydrogen-bond donors (Lipinski definition) is 1. The van der Waals surface area contributed by atoms with Gasteiger partial charge in [0.1, 0.15) is 5.69 Å². The van der Waals surface area contributed by atoms with Crippen LogP contribution in [-0.4, -0.2) is 45.4 Å². The third-order valence-corrected chi connectivity index (χ3v) is 2.41. The van der Waals surface area contributed by atoms with Gasteiger partial charge in [0.15, 0.2) is 0 Å². The summed E-state index contributed by atoms with van der Waals surface area (Å²) in [4.78, 5) is 24.8. The molecule has 6 nitrogen and oxygen atoms in total. The minimum Gasteiger partial charge on any atom is -0.392 e. The second kappa shape index (κ2) is 6.30. The van der Waals surface area contributed by atoms with Gasteiger partial charge in [-0.1, -0.05) is 6.92 Å². The van der Waals surface area contributed by atoms with Crippen molar-refractivity contribution in [2.24, 2.45) is 0 Å². The van der Waals surface area contributed by atoms with Crippen molar-refractivity contribution in [2.45, 2.75) is 32.9 Å². The quantitative estimate of drug-likeness (QED) is 0.808. The summed E-state index contributed by atoms with van der Waals surface area (Å²) in [5.41, 5.74) is -0.00206. The molecular formula is C12H19N3O3. The Kier molecular flexibility index (Phi) is 5.03. The number of aryl methyl sites for hydroxylation is 1. The minimum absolute atomic E-state index is 0.214. The molecule has 100 valence electrons. The van der Waals surface area contributed by atoms with Crippen LogP contribution >= 0.6 is 0 Å². The first-order valence-corrected chi connectivity index (χ1v) is 5.97. The molecule has 0 saturated carbocycles. The van der Waals surface area contributed by atoms with Crippen molar-refractivity contribution in [1.29, 1.82) is 0 Å². The van der Waals surface area contributed by atoms with Crippen LogP contribution < -0.4 is 5.56 Å². The Morgan fingerprint density at radius 2 is 2.22 bits per heavy atom. The number of aliphatic hydroxyl groups is 1. The van der Waals surface area contributed by atoms with Crippen molar-refractivity contribution < 1.29 is 9.90 Å². The maximum absolute atomic E-state index is 12.0. The van der Waals surface area contributed by atoms with Crippen molar-refractivity contribution in [2.75, 3.05) is 13.6 Å². The molecule has 0 radical (unpaired) electrons. The third-order valence-electron chi connectivity index (χ3n) is 2.41. The van der Waals surface area contributed by atoms with E-state index in [0.29, 0.717) is 6.54 Å². The highest BCUT2D eigenvalue weighted by atomic mass is 16.3. The van der Waals surface area contributed by atoms with Gasteiger partial charge >= 0.3 is 0 Å². The summed E-state index contributed by atoms with van der Waals surface area (Å²) in [6.07, 6.45) is 0.175. The number of amides is 1. The number of nitrogens with zero attached hydrogens (tertiary/aromatic N) is 3. The smallest absolute Gasteiger partial charge is 0.274 e. The molecule has 1 atom stereocenters. The molecule has 0 aliphatic heterocycles. The number of aromatic nitrogens is 2. The van der Waals surface area contributed by atoms with Crippen molar-refractivity contribution >= 4 is 5.91 Å². The van der Waals surface area contributed by atoms with Crippen LogP contribution in [0.15, 0.2) is 16.9 Å². The number of carbonyl (C=O) groups is 1. The first-order valence-electron chi connectivity index (χ1n) is 5.97. The molecule has 6 heteroatoms. The van der Waals surface area contributed by atoms with E-state index < -0.39 is 6.10 Å². The Morgan fingerprint density at radius 3 is 2.78 bits per heavy atom. The Bertz CT molecular complexity index is 468. The largest absolute Gasteiger partial charge is 0.392 e. The van der Waals surface area contributed by atoms with Crippen LogP contribution in [0.25, 0.3) is 0 Å². The lowest BCUT2D eigenvalue weighted by atomic mass is 10.3. The molecule has 0 aromatic carbocycles. The summed E-state index contributed by atoms with van der Waals surface area (Å²) < 4.78 is 1.28. The molecule has 0 fully saturated rings. The van der Waals surface area contributed by atoms with E-state index in [2.05, 4.69) is 5.10 Å². The molecule has 18 heavy (non-hydrogen) atoms. The fourth-order valence-corrected chi connectivity index (χ4v) is 1.61. The van der Waals surface area contributed by atoms with Crippen molar-refractivity contribution in [3.63, 3.8) is 0 Å². The summed E-state index contributed by atoms with van der Waals surface area (Å²) in [7, 11) is 1.59. The van der Waals surface area contributed by atoms with Crippen LogP contribution in [0, 0.1) is 0 Å². The average Bonchev–Trinajstić information content (AvgIpc) is 2.30. The van der Waals surface area contributed by atoms with E-state index in [0.717, 1.165) is 6.42 Å². The van der Waals surface area contributed by atoms with Gasteiger partial charge in [-0.2, -0.15) is 5.10 Å². The summed E-state index contributed by atoms with van der Waals surface area (Å²) in [5, 5.41) is 13.3. The maximum atomic E-state index is 12.0. The van der Waals surface area contributed by atoms with E-state index in [1.54, 1.807) is 14.0 Å². The molecule has 1 rings (SSSR count). The van der Waals surface area contributed by atoms with Crippen LogP contribution in [0.3, 0.4) is 0 Å². The molecule has 1 unspecified atom stereocenters. The Balaban J connectivity index is 2.92. The van der Waals surface area contributed by atoms with Gasteiger partial charge in [0, 0.05) is 26.2 Å². The Morgan fingerprint density at radius 1 is 1.56 bits per heavy atom. The van der Waals surface area contributed by atoms with Gasteiger partial charge in [-0.25, -0.2) is 4.68 Å². The molecule has 0 aliphatic carbocycles. The van der Waals surface area contributed by atoms with Gasteiger partial charge in [-0.05, 0) is 19.4 Å². The number of rotatable bonds is 5. The fourth-order valence-electron chi connectivity index (χ4n) is 1.61. The molecular weight excluding hydrogens is 234 g/mol. The predicted molar refractivity (Wildman–Crippen MR) is 67.4 cm³/mol. The van der Waals surface area contributed by atoms with Gasteiger partial charge in [-0.3, -0.25) is 9.59 Å². The predicted octanol–water partition coefficient (Wildman–Crippen LogP) is 0.106. The summed E-state index contributed by atoms with van der Waals surface area (Å²) in [6.45, 7) is 4.25. The Labute approximate surface area is 106 Å². The third kappa shape index (κ3) is 3.66. The standard InChI is InChI=1S/C12H19N3O3/c1-4-7-15-11(17)6-5-10(13-15)12(18)14(3)8-9(2)16/h5-6,9,16H,4,7-8H2,1-3H3. The monoisotopic (exact) mass is 253 g/mol. The average molecular weight is 253 g/mol. The highest BCUT2D eigenvalue weighted by Crippen LogP contribution is 1.99. The summed E-state index contributed by atoms with van der Waals surface area (Å²) in [5.74, 6) is -0.305. The zero-order valence-electron chi connectivity index (χ0n) is 11.0. The van der Waals surface area contributed by atoms with Crippen LogP contribution in [0.1, 0.15) is 30.8 Å². The van der Waals surface area contributed by atoms with Gasteiger partial charge in [-0.15, -0.1) is 0 Å². The van der Waals surface area contributed by atoms with Crippen LogP contribution in [0.4, 0.5) is 0 Å². The summed E-state index contributed by atoms with van der Waals surface area (Å²) in [6, 6.07) is 2.75. The molecule has 0 aliphatic rings. The van der Waals surface area contributed by atoms with E-state index in [-0.39, 0.29) is 23.7 Å². The van der Waals surface area contributed by atoms with E-state index in [1.165, 1.54) is 21.7 Å². The molecule has 0 saturated heterocycles. The van der Waals surface area contributed by atoms with Crippen LogP contribution in [0.2, 0.25) is 0 Å². The normalized spacial score (nSPS) is 12.2. The van der Waals surface area contributed by atoms with Gasteiger partial charge < -0.3 is 10.0 Å². The van der Waals surface area contributed by atoms with Gasteiger partial charge in [0.05, 0.1) is 6.10 Å². The number of hydrogen-bond acceptors (Lipinski definition) is 4. The molecule has 1 amide bonds. The highest BCUT2D eigenvalue weighted by molar-refractivity contribution is 5.91. The second-order valence-corrected chi connectivity index (χ2v) is 4.31. The van der Waals surface area contributed by atoms with E-state index >= 15 is 0 Å². The van der Waals surface area contributed by atoms with Gasteiger partial charge in [0.25, 0.3) is 11.5 Å². The molecule has 1 heterocycles. The van der Waals surface area contributed by atoms with E-state index in [1.807, 2.05) is 6.92 Å². The molecule has 0 bridgehead atoms. The molecule has 1 N–H and O–H groups in total. The zero-order valence-corrected chi connectivity index (χ0v) is 11.0. The lowest BCUT2D eigenvalue weighted by Crippen LogP contribution is -2.35. The second-order valence-electron chi connectivity index (χ2n) is 4.31. The molecule has 1 aromatic rings. The topological polar surface area (TPSA) is 75.4 Å². The first kappa shape index (κ1) is 14.4. The first-order chi connectivity index (χ1) is 8.45. The minimum atomic E-state index is -0.597. The van der Waals surface area contributed by atoms with Crippen molar-refractivity contribution in [1.82, 2.24) is 14.7 Å². The van der Waals surface area contributed by atoms with Gasteiger partial charge in [0.2, 0.25) is 0 Å². The zero-order chi connectivity index (χ0) is 13.7. The number of likely N-dealkylation sites (N-methyl/N-ethyl adjacent to an activating group) is 1. The molecule has 0 spiro atoms. The fraction of sp³-hybridized carbons (Fsp3) is 0.583. The van der Waals surface area contributed by atoms with Crippen LogP contribution in [0.5, 0.6) is 0 Å². The lowest BCUT2D eigenvalue weighted by Gasteiger charge is -2.18. The number of aliphatic hydroxyl groups excluding tert-OH is 1. The van der Waals surface area contributed by atoms with E-state index in [4.69, 9.17) is 0 Å². The molecule has 1 aromatic heterocycles. The Hall–Kier alpha value is -1.69. The SMILES string of the molecule is CCCn1nc(C(=O)N(C)CC(C)O)ccc1=O. The lowest BCUT2D eigenvalue weighted by molar-refractivity contribution is 0.0695. The highest BCUT2D eigenvalue weighted by Gasteiger charge is 2.15. The summed E-state index contributed by atoms with van der Waals surface area (Å²) >= 11 is 0. The van der Waals surface area contributed by atoms with Crippen molar-refractivity contribution in [3.8, 4) is 0 Å². The van der Waals surface area contributed by atoms with E-state index in [9.17, 15) is 14.7 Å². The van der Waals surface area contributed by atoms with Crippen LogP contribution in [-0.2, 0) is 6.54 Å².